The van der Waals surface area contributed by atoms with Crippen molar-refractivity contribution in [3.63, 3.8) is 0 Å². The largest absolute Gasteiger partial charge is 0.351 e. The molecule has 8 heteroatoms. The molecule has 102 valence electrons. The van der Waals surface area contributed by atoms with Gasteiger partial charge in [-0.2, -0.15) is 4.98 Å². The maximum absolute atomic E-state index is 12.1. The molecule has 1 amide bonds. The van der Waals surface area contributed by atoms with Crippen LogP contribution in [0.2, 0.25) is 0 Å². The van der Waals surface area contributed by atoms with E-state index in [0.29, 0.717) is 5.39 Å². The van der Waals surface area contributed by atoms with Crippen LogP contribution in [0.25, 0.3) is 10.1 Å². The minimum atomic E-state index is -0.451. The van der Waals surface area contributed by atoms with E-state index in [1.807, 2.05) is 18.2 Å². The molecule has 1 aromatic carbocycles. The molecular weight excluding hydrogens is 280 g/mol. The predicted octanol–water partition coefficient (Wildman–Crippen LogP) is 0.854. The molecule has 3 rings (SSSR count). The topological polar surface area (TPSA) is 90.0 Å². The number of nitrogens with zero attached hydrogens (tertiary/aromatic N) is 3. The predicted molar refractivity (Wildman–Crippen MR) is 72.9 cm³/mol. The standard InChI is InChI=1S/C12H10N4O3S/c1-13-10(17)11-14-9(15-19-11)6-16-12(18)7-4-2-3-5-8(7)20-16/h2-5H,6H2,1H3,(H,13,17). The number of rotatable bonds is 3. The van der Waals surface area contributed by atoms with E-state index in [1.165, 1.54) is 22.5 Å². The van der Waals surface area contributed by atoms with E-state index in [1.54, 1.807) is 6.07 Å². The van der Waals surface area contributed by atoms with E-state index in [4.69, 9.17) is 4.52 Å². The zero-order valence-corrected chi connectivity index (χ0v) is 11.3. The molecular formula is C12H10N4O3S. The highest BCUT2D eigenvalue weighted by molar-refractivity contribution is 7.13. The van der Waals surface area contributed by atoms with E-state index in [9.17, 15) is 9.59 Å². The first-order valence-electron chi connectivity index (χ1n) is 5.82. The molecule has 0 saturated heterocycles. The third kappa shape index (κ3) is 2.10. The smallest absolute Gasteiger partial charge is 0.315 e. The van der Waals surface area contributed by atoms with Crippen molar-refractivity contribution in [3.05, 3.63) is 46.3 Å². The van der Waals surface area contributed by atoms with Gasteiger partial charge >= 0.3 is 11.8 Å². The summed E-state index contributed by atoms with van der Waals surface area (Å²) in [6.07, 6.45) is 0. The number of benzene rings is 1. The number of aromatic nitrogens is 3. The van der Waals surface area contributed by atoms with Crippen LogP contribution < -0.4 is 10.9 Å². The lowest BCUT2D eigenvalue weighted by Gasteiger charge is -1.92. The summed E-state index contributed by atoms with van der Waals surface area (Å²) in [4.78, 5) is 27.4. The Morgan fingerprint density at radius 1 is 1.45 bits per heavy atom. The molecule has 0 radical (unpaired) electrons. The number of fused-ring (bicyclic) bond motifs is 1. The maximum atomic E-state index is 12.1. The number of amides is 1. The third-order valence-corrected chi connectivity index (χ3v) is 3.79. The molecule has 0 saturated carbocycles. The van der Waals surface area contributed by atoms with Gasteiger partial charge < -0.3 is 9.84 Å². The van der Waals surface area contributed by atoms with Gasteiger partial charge in [0.05, 0.1) is 10.1 Å². The van der Waals surface area contributed by atoms with E-state index >= 15 is 0 Å². The molecule has 0 spiro atoms. The average Bonchev–Trinajstić information content (AvgIpc) is 3.05. The first kappa shape index (κ1) is 12.5. The molecule has 0 atom stereocenters. The van der Waals surface area contributed by atoms with Gasteiger partial charge in [-0.25, -0.2) is 0 Å². The van der Waals surface area contributed by atoms with Crippen LogP contribution in [0.3, 0.4) is 0 Å². The zero-order chi connectivity index (χ0) is 14.1. The highest BCUT2D eigenvalue weighted by atomic mass is 32.1. The number of hydrogen-bond acceptors (Lipinski definition) is 6. The molecule has 3 aromatic rings. The van der Waals surface area contributed by atoms with Gasteiger partial charge in [-0.15, -0.1) is 0 Å². The van der Waals surface area contributed by atoms with Gasteiger partial charge in [-0.1, -0.05) is 28.8 Å². The van der Waals surface area contributed by atoms with Crippen LogP contribution in [0.5, 0.6) is 0 Å². The molecule has 0 fully saturated rings. The zero-order valence-electron chi connectivity index (χ0n) is 10.5. The molecule has 20 heavy (non-hydrogen) atoms. The van der Waals surface area contributed by atoms with E-state index in [-0.39, 0.29) is 23.8 Å². The first-order valence-corrected chi connectivity index (χ1v) is 6.60. The molecule has 2 heterocycles. The monoisotopic (exact) mass is 290 g/mol. The summed E-state index contributed by atoms with van der Waals surface area (Å²) < 4.78 is 7.25. The number of hydrogen-bond donors (Lipinski definition) is 1. The molecule has 0 aliphatic carbocycles. The minimum absolute atomic E-state index is 0.100. The van der Waals surface area contributed by atoms with Gasteiger partial charge in [-0.05, 0) is 12.1 Å². The quantitative estimate of drug-likeness (QED) is 0.772. The first-order chi connectivity index (χ1) is 9.69. The van der Waals surface area contributed by atoms with Crippen molar-refractivity contribution in [2.75, 3.05) is 7.05 Å². The number of carbonyl (C=O) groups excluding carboxylic acids is 1. The third-order valence-electron chi connectivity index (χ3n) is 2.73. The van der Waals surface area contributed by atoms with Crippen molar-refractivity contribution in [1.82, 2.24) is 19.4 Å². The SMILES string of the molecule is CNC(=O)c1nc(Cn2sc3ccccc3c2=O)no1. The summed E-state index contributed by atoms with van der Waals surface area (Å²) in [6.45, 7) is 0.179. The Morgan fingerprint density at radius 3 is 3.00 bits per heavy atom. The lowest BCUT2D eigenvalue weighted by Crippen LogP contribution is -2.18. The van der Waals surface area contributed by atoms with Gasteiger partial charge in [0.2, 0.25) is 0 Å². The Kier molecular flexibility index (Phi) is 3.07. The Bertz CT molecular complexity index is 832. The molecule has 7 nitrogen and oxygen atoms in total. The molecule has 0 unspecified atom stereocenters. The van der Waals surface area contributed by atoms with Gasteiger partial charge in [0.15, 0.2) is 5.82 Å². The van der Waals surface area contributed by atoms with E-state index in [2.05, 4.69) is 15.5 Å². The van der Waals surface area contributed by atoms with Gasteiger partial charge in [0.25, 0.3) is 5.56 Å². The summed E-state index contributed by atoms with van der Waals surface area (Å²) in [6, 6.07) is 7.35. The summed E-state index contributed by atoms with van der Waals surface area (Å²) in [5.74, 6) is -0.277. The Balaban J connectivity index is 1.93. The van der Waals surface area contributed by atoms with Crippen LogP contribution in [0.15, 0.2) is 33.6 Å². The highest BCUT2D eigenvalue weighted by Gasteiger charge is 2.15. The second-order valence-corrected chi connectivity index (χ2v) is 5.09. The van der Waals surface area contributed by atoms with Gasteiger partial charge in [0.1, 0.15) is 6.54 Å². The molecule has 0 aliphatic rings. The fourth-order valence-electron chi connectivity index (χ4n) is 1.77. The highest BCUT2D eigenvalue weighted by Crippen LogP contribution is 2.16. The molecule has 2 aromatic heterocycles. The van der Waals surface area contributed by atoms with Crippen LogP contribution in [-0.4, -0.2) is 27.1 Å². The van der Waals surface area contributed by atoms with Crippen molar-refractivity contribution in [2.45, 2.75) is 6.54 Å². The number of carbonyl (C=O) groups is 1. The van der Waals surface area contributed by atoms with Crippen LogP contribution in [0.4, 0.5) is 0 Å². The van der Waals surface area contributed by atoms with Gasteiger partial charge in [0, 0.05) is 7.05 Å². The number of nitrogens with one attached hydrogen (secondary N) is 1. The average molecular weight is 290 g/mol. The fourth-order valence-corrected chi connectivity index (χ4v) is 2.76. The van der Waals surface area contributed by atoms with Gasteiger partial charge in [-0.3, -0.25) is 13.5 Å². The van der Waals surface area contributed by atoms with E-state index in [0.717, 1.165) is 4.70 Å². The molecule has 1 N–H and O–H groups in total. The maximum Gasteiger partial charge on any atom is 0.315 e. The van der Waals surface area contributed by atoms with Crippen molar-refractivity contribution in [2.24, 2.45) is 0 Å². The molecule has 0 bridgehead atoms. The van der Waals surface area contributed by atoms with Crippen molar-refractivity contribution in [3.8, 4) is 0 Å². The fraction of sp³-hybridized carbons (Fsp3) is 0.167. The van der Waals surface area contributed by atoms with Crippen molar-refractivity contribution < 1.29 is 9.32 Å². The minimum Gasteiger partial charge on any atom is -0.351 e. The summed E-state index contributed by atoms with van der Waals surface area (Å²) in [5, 5.41) is 6.74. The van der Waals surface area contributed by atoms with Crippen LogP contribution >= 0.6 is 11.5 Å². The van der Waals surface area contributed by atoms with Crippen LogP contribution in [0, 0.1) is 0 Å². The summed E-state index contributed by atoms with van der Waals surface area (Å²) >= 11 is 1.32. The van der Waals surface area contributed by atoms with Crippen molar-refractivity contribution >= 4 is 27.5 Å². The Morgan fingerprint density at radius 2 is 2.25 bits per heavy atom. The van der Waals surface area contributed by atoms with Crippen molar-refractivity contribution in [1.29, 1.82) is 0 Å². The summed E-state index contributed by atoms with van der Waals surface area (Å²) in [5.41, 5.74) is -0.100. The summed E-state index contributed by atoms with van der Waals surface area (Å²) in [7, 11) is 1.47. The second-order valence-electron chi connectivity index (χ2n) is 4.02. The van der Waals surface area contributed by atoms with Crippen LogP contribution in [-0.2, 0) is 6.54 Å². The normalized spacial score (nSPS) is 10.8. The Labute approximate surface area is 117 Å². The lowest BCUT2D eigenvalue weighted by atomic mass is 10.3. The second kappa shape index (κ2) is 4.89. The van der Waals surface area contributed by atoms with Crippen LogP contribution in [0.1, 0.15) is 16.5 Å². The molecule has 0 aliphatic heterocycles. The lowest BCUT2D eigenvalue weighted by molar-refractivity contribution is 0.0919. The Hall–Kier alpha value is -2.48. The van der Waals surface area contributed by atoms with E-state index < -0.39 is 5.91 Å².